The number of aromatic nitrogens is 1. The molecule has 2 aromatic carbocycles. The lowest BCUT2D eigenvalue weighted by molar-refractivity contribution is 0.102. The van der Waals surface area contributed by atoms with Crippen molar-refractivity contribution in [2.45, 2.75) is 13.5 Å². The Bertz CT molecular complexity index is 878. The monoisotopic (exact) mass is 335 g/mol. The summed E-state index contributed by atoms with van der Waals surface area (Å²) >= 11 is 0. The summed E-state index contributed by atoms with van der Waals surface area (Å²) < 4.78 is 13.6. The van der Waals surface area contributed by atoms with E-state index in [1.807, 2.05) is 12.1 Å². The van der Waals surface area contributed by atoms with Crippen LogP contribution in [0, 0.1) is 12.7 Å². The highest BCUT2D eigenvalue weighted by Crippen LogP contribution is 2.15. The zero-order valence-corrected chi connectivity index (χ0v) is 13.8. The molecule has 25 heavy (non-hydrogen) atoms. The fraction of sp³-hybridized carbons (Fsp3) is 0.100. The van der Waals surface area contributed by atoms with E-state index in [1.54, 1.807) is 30.5 Å². The molecule has 0 spiro atoms. The van der Waals surface area contributed by atoms with Crippen molar-refractivity contribution in [2.24, 2.45) is 0 Å². The molecule has 0 fully saturated rings. The first kappa shape index (κ1) is 16.6. The summed E-state index contributed by atoms with van der Waals surface area (Å²) in [6.07, 6.45) is 1.59. The Hall–Kier alpha value is -3.21. The minimum absolute atomic E-state index is 0.135. The molecule has 0 saturated carbocycles. The maximum atomic E-state index is 13.6. The van der Waals surface area contributed by atoms with Gasteiger partial charge in [0.25, 0.3) is 5.91 Å². The second-order valence-electron chi connectivity index (χ2n) is 5.65. The SMILES string of the molecule is Cc1ccccc1CNc1ccc(C(=O)Nc2ccccc2F)nc1. The van der Waals surface area contributed by atoms with E-state index in [0.717, 1.165) is 5.69 Å². The van der Waals surface area contributed by atoms with Crippen molar-refractivity contribution in [3.63, 3.8) is 0 Å². The summed E-state index contributed by atoms with van der Waals surface area (Å²) in [5.41, 5.74) is 3.58. The summed E-state index contributed by atoms with van der Waals surface area (Å²) in [5, 5.41) is 5.79. The van der Waals surface area contributed by atoms with Gasteiger partial charge in [0.2, 0.25) is 0 Å². The van der Waals surface area contributed by atoms with Crippen molar-refractivity contribution in [3.05, 3.63) is 89.5 Å². The number of hydrogen-bond acceptors (Lipinski definition) is 3. The quantitative estimate of drug-likeness (QED) is 0.727. The zero-order valence-electron chi connectivity index (χ0n) is 13.8. The van der Waals surface area contributed by atoms with E-state index in [1.165, 1.54) is 23.3 Å². The highest BCUT2D eigenvalue weighted by atomic mass is 19.1. The van der Waals surface area contributed by atoms with Gasteiger partial charge in [0.15, 0.2) is 0 Å². The number of para-hydroxylation sites is 1. The molecule has 3 rings (SSSR count). The fourth-order valence-electron chi connectivity index (χ4n) is 2.39. The lowest BCUT2D eigenvalue weighted by atomic mass is 10.1. The molecule has 0 bridgehead atoms. The third kappa shape index (κ3) is 4.20. The average molecular weight is 335 g/mol. The van der Waals surface area contributed by atoms with Crippen molar-refractivity contribution in [2.75, 3.05) is 10.6 Å². The van der Waals surface area contributed by atoms with E-state index in [4.69, 9.17) is 0 Å². The number of nitrogens with one attached hydrogen (secondary N) is 2. The number of rotatable bonds is 5. The number of benzene rings is 2. The molecule has 0 radical (unpaired) electrons. The number of carbonyl (C=O) groups is 1. The maximum Gasteiger partial charge on any atom is 0.274 e. The first-order valence-corrected chi connectivity index (χ1v) is 7.94. The van der Waals surface area contributed by atoms with Crippen LogP contribution >= 0.6 is 0 Å². The van der Waals surface area contributed by atoms with Gasteiger partial charge < -0.3 is 10.6 Å². The van der Waals surface area contributed by atoms with Crippen molar-refractivity contribution in [1.82, 2.24) is 4.98 Å². The molecule has 1 aromatic heterocycles. The summed E-state index contributed by atoms with van der Waals surface area (Å²) in [4.78, 5) is 16.3. The van der Waals surface area contributed by atoms with Crippen LogP contribution in [-0.4, -0.2) is 10.9 Å². The highest BCUT2D eigenvalue weighted by Gasteiger charge is 2.10. The number of halogens is 1. The van der Waals surface area contributed by atoms with Gasteiger partial charge in [-0.1, -0.05) is 36.4 Å². The smallest absolute Gasteiger partial charge is 0.274 e. The summed E-state index contributed by atoms with van der Waals surface area (Å²) in [6.45, 7) is 2.74. The Morgan fingerprint density at radius 2 is 1.80 bits per heavy atom. The molecule has 5 heteroatoms. The Balaban J connectivity index is 1.63. The fourth-order valence-corrected chi connectivity index (χ4v) is 2.39. The normalized spacial score (nSPS) is 10.3. The first-order valence-electron chi connectivity index (χ1n) is 7.94. The Morgan fingerprint density at radius 1 is 1.04 bits per heavy atom. The number of aryl methyl sites for hydroxylation is 1. The van der Waals surface area contributed by atoms with E-state index >= 15 is 0 Å². The number of nitrogens with zero attached hydrogens (tertiary/aromatic N) is 1. The van der Waals surface area contributed by atoms with E-state index < -0.39 is 11.7 Å². The van der Waals surface area contributed by atoms with E-state index in [9.17, 15) is 9.18 Å². The summed E-state index contributed by atoms with van der Waals surface area (Å²) in [5.74, 6) is -0.928. The predicted octanol–water partition coefficient (Wildman–Crippen LogP) is 4.39. The van der Waals surface area contributed by atoms with Crippen LogP contribution in [0.15, 0.2) is 66.9 Å². The van der Waals surface area contributed by atoms with Gasteiger partial charge in [0, 0.05) is 6.54 Å². The van der Waals surface area contributed by atoms with Gasteiger partial charge in [-0.25, -0.2) is 9.37 Å². The summed E-state index contributed by atoms with van der Waals surface area (Å²) in [7, 11) is 0. The number of pyridine rings is 1. The van der Waals surface area contributed by atoms with Crippen molar-refractivity contribution in [3.8, 4) is 0 Å². The van der Waals surface area contributed by atoms with Gasteiger partial charge >= 0.3 is 0 Å². The van der Waals surface area contributed by atoms with Crippen molar-refractivity contribution < 1.29 is 9.18 Å². The maximum absolute atomic E-state index is 13.6. The molecule has 2 N–H and O–H groups in total. The van der Waals surface area contributed by atoms with Crippen LogP contribution in [0.3, 0.4) is 0 Å². The van der Waals surface area contributed by atoms with Crippen LogP contribution < -0.4 is 10.6 Å². The minimum atomic E-state index is -0.479. The van der Waals surface area contributed by atoms with E-state index in [-0.39, 0.29) is 11.4 Å². The molecule has 126 valence electrons. The average Bonchev–Trinajstić information content (AvgIpc) is 2.63. The topological polar surface area (TPSA) is 54.0 Å². The lowest BCUT2D eigenvalue weighted by Crippen LogP contribution is -2.14. The Morgan fingerprint density at radius 3 is 2.52 bits per heavy atom. The number of amides is 1. The number of anilines is 2. The Labute approximate surface area is 145 Å². The molecule has 0 unspecified atom stereocenters. The second kappa shape index (κ2) is 7.57. The highest BCUT2D eigenvalue weighted by molar-refractivity contribution is 6.03. The molecule has 0 saturated heterocycles. The molecule has 4 nitrogen and oxygen atoms in total. The van der Waals surface area contributed by atoms with Crippen LogP contribution in [0.2, 0.25) is 0 Å². The first-order chi connectivity index (χ1) is 12.1. The summed E-state index contributed by atoms with van der Waals surface area (Å²) in [6, 6.07) is 17.5. The van der Waals surface area contributed by atoms with Gasteiger partial charge in [0.1, 0.15) is 11.5 Å². The van der Waals surface area contributed by atoms with E-state index in [2.05, 4.69) is 34.7 Å². The van der Waals surface area contributed by atoms with Crippen molar-refractivity contribution in [1.29, 1.82) is 0 Å². The zero-order chi connectivity index (χ0) is 17.6. The molecular formula is C20H18FN3O. The molecule has 0 aliphatic rings. The van der Waals surface area contributed by atoms with E-state index in [0.29, 0.717) is 6.54 Å². The second-order valence-corrected chi connectivity index (χ2v) is 5.65. The van der Waals surface area contributed by atoms with Crippen LogP contribution in [-0.2, 0) is 6.54 Å². The molecule has 0 aliphatic carbocycles. The predicted molar refractivity (Wildman–Crippen MR) is 97.1 cm³/mol. The van der Waals surface area contributed by atoms with Crippen LogP contribution in [0.1, 0.15) is 21.6 Å². The number of carbonyl (C=O) groups excluding carboxylic acids is 1. The number of hydrogen-bond donors (Lipinski definition) is 2. The molecular weight excluding hydrogens is 317 g/mol. The van der Waals surface area contributed by atoms with Crippen LogP contribution in [0.25, 0.3) is 0 Å². The standard InChI is InChI=1S/C20H18FN3O/c1-14-6-2-3-7-15(14)12-22-16-10-11-19(23-13-16)20(25)24-18-9-5-4-8-17(18)21/h2-11,13,22H,12H2,1H3,(H,24,25). The largest absolute Gasteiger partial charge is 0.380 e. The third-order valence-electron chi connectivity index (χ3n) is 3.86. The van der Waals surface area contributed by atoms with Crippen LogP contribution in [0.4, 0.5) is 15.8 Å². The Kier molecular flexibility index (Phi) is 5.04. The van der Waals surface area contributed by atoms with Gasteiger partial charge in [-0.2, -0.15) is 0 Å². The molecule has 1 amide bonds. The molecule has 1 heterocycles. The lowest BCUT2D eigenvalue weighted by Gasteiger charge is -2.09. The van der Waals surface area contributed by atoms with Gasteiger partial charge in [-0.15, -0.1) is 0 Å². The molecule has 3 aromatic rings. The third-order valence-corrected chi connectivity index (χ3v) is 3.86. The van der Waals surface area contributed by atoms with Crippen LogP contribution in [0.5, 0.6) is 0 Å². The minimum Gasteiger partial charge on any atom is -0.380 e. The molecule has 0 atom stereocenters. The van der Waals surface area contributed by atoms with Gasteiger partial charge in [-0.05, 0) is 42.3 Å². The molecule has 0 aliphatic heterocycles. The van der Waals surface area contributed by atoms with Gasteiger partial charge in [-0.3, -0.25) is 4.79 Å². The van der Waals surface area contributed by atoms with Crippen molar-refractivity contribution >= 4 is 17.3 Å². The van der Waals surface area contributed by atoms with Gasteiger partial charge in [0.05, 0.1) is 17.6 Å².